The number of benzene rings is 1. The normalized spacial score (nSPS) is 22.1. The number of phenols is 1. The lowest BCUT2D eigenvalue weighted by Gasteiger charge is -2.46. The number of amides is 1. The van der Waals surface area contributed by atoms with Crippen molar-refractivity contribution in [1.82, 2.24) is 0 Å². The molecule has 4 nitrogen and oxygen atoms in total. The maximum Gasteiger partial charge on any atom is 0.414 e. The quantitative estimate of drug-likeness (QED) is 0.811. The molecule has 1 aromatic carbocycles. The molecule has 1 saturated heterocycles. The third-order valence-electron chi connectivity index (χ3n) is 3.72. The fraction of sp³-hybridized carbons (Fsp3) is 0.462. The topological polar surface area (TPSA) is 49.8 Å². The number of carbonyl (C=O) groups is 1. The molecule has 1 amide bonds. The number of rotatable bonds is 1. The van der Waals surface area contributed by atoms with Crippen molar-refractivity contribution in [2.75, 3.05) is 11.4 Å². The van der Waals surface area contributed by atoms with Gasteiger partial charge in [0.2, 0.25) is 0 Å². The van der Waals surface area contributed by atoms with Crippen LogP contribution >= 0.6 is 0 Å². The predicted molar refractivity (Wildman–Crippen MR) is 63.1 cm³/mol. The van der Waals surface area contributed by atoms with E-state index in [0.717, 1.165) is 25.7 Å². The first-order valence-corrected chi connectivity index (χ1v) is 5.98. The van der Waals surface area contributed by atoms with Crippen molar-refractivity contribution < 1.29 is 14.6 Å². The van der Waals surface area contributed by atoms with Crippen LogP contribution < -0.4 is 4.90 Å². The minimum atomic E-state index is -0.290. The predicted octanol–water partition coefficient (Wildman–Crippen LogP) is 2.66. The highest BCUT2D eigenvalue weighted by Crippen LogP contribution is 2.42. The molecular formula is C13H15NO3. The number of phenolic OH excluding ortho intramolecular Hbond substituents is 1. The van der Waals surface area contributed by atoms with E-state index >= 15 is 0 Å². The van der Waals surface area contributed by atoms with E-state index in [1.807, 2.05) is 0 Å². The van der Waals surface area contributed by atoms with Crippen molar-refractivity contribution in [3.8, 4) is 5.75 Å². The molecule has 1 N–H and O–H groups in total. The van der Waals surface area contributed by atoms with Crippen LogP contribution in [0.5, 0.6) is 5.75 Å². The van der Waals surface area contributed by atoms with Crippen molar-refractivity contribution in [3.63, 3.8) is 0 Å². The van der Waals surface area contributed by atoms with Crippen molar-refractivity contribution in [2.24, 2.45) is 0 Å². The molecule has 0 radical (unpaired) electrons. The molecule has 1 heterocycles. The van der Waals surface area contributed by atoms with E-state index in [9.17, 15) is 9.90 Å². The Morgan fingerprint density at radius 2 is 2.12 bits per heavy atom. The van der Waals surface area contributed by atoms with E-state index in [2.05, 4.69) is 0 Å². The van der Waals surface area contributed by atoms with Crippen LogP contribution in [0.1, 0.15) is 25.7 Å². The molecule has 1 aromatic rings. The Balaban J connectivity index is 1.79. The molecule has 4 heteroatoms. The summed E-state index contributed by atoms with van der Waals surface area (Å²) >= 11 is 0. The standard InChI is InChI=1S/C13H15NO3/c15-11-4-1-3-10(9-11)14-8-7-13(5-2-6-13)17-12(14)16/h1,3-4,9,15H,2,5-8H2. The van der Waals surface area contributed by atoms with E-state index in [4.69, 9.17) is 4.74 Å². The molecule has 90 valence electrons. The van der Waals surface area contributed by atoms with Crippen LogP contribution in [0, 0.1) is 0 Å². The first-order chi connectivity index (χ1) is 8.19. The second-order valence-corrected chi connectivity index (χ2v) is 4.83. The van der Waals surface area contributed by atoms with Gasteiger partial charge in [0.1, 0.15) is 11.4 Å². The fourth-order valence-corrected chi connectivity index (χ4v) is 2.52. The number of aromatic hydroxyl groups is 1. The van der Waals surface area contributed by atoms with Gasteiger partial charge in [0.25, 0.3) is 0 Å². The number of hydrogen-bond acceptors (Lipinski definition) is 3. The molecule has 2 aliphatic rings. The van der Waals surface area contributed by atoms with E-state index in [1.165, 1.54) is 0 Å². The first kappa shape index (κ1) is 10.4. The summed E-state index contributed by atoms with van der Waals surface area (Å²) in [6.07, 6.45) is 3.73. The van der Waals surface area contributed by atoms with Gasteiger partial charge in [0, 0.05) is 19.0 Å². The monoisotopic (exact) mass is 233 g/mol. The third kappa shape index (κ3) is 1.73. The van der Waals surface area contributed by atoms with Crippen LogP contribution in [0.3, 0.4) is 0 Å². The summed E-state index contributed by atoms with van der Waals surface area (Å²) in [5.41, 5.74) is 0.522. The molecule has 0 unspecified atom stereocenters. The minimum absolute atomic E-state index is 0.166. The lowest BCUT2D eigenvalue weighted by Crippen LogP contribution is -2.53. The number of ether oxygens (including phenoxy) is 1. The van der Waals surface area contributed by atoms with Crippen molar-refractivity contribution in [3.05, 3.63) is 24.3 Å². The van der Waals surface area contributed by atoms with Crippen LogP contribution in [0.15, 0.2) is 24.3 Å². The SMILES string of the molecule is O=C1OC2(CCC2)CCN1c1cccc(O)c1. The maximum absolute atomic E-state index is 11.9. The third-order valence-corrected chi connectivity index (χ3v) is 3.72. The molecule has 0 aromatic heterocycles. The smallest absolute Gasteiger partial charge is 0.414 e. The molecule has 2 fully saturated rings. The summed E-state index contributed by atoms with van der Waals surface area (Å²) in [4.78, 5) is 13.5. The highest BCUT2D eigenvalue weighted by Gasteiger charge is 2.45. The second-order valence-electron chi connectivity index (χ2n) is 4.83. The Morgan fingerprint density at radius 3 is 2.71 bits per heavy atom. The van der Waals surface area contributed by atoms with Crippen molar-refractivity contribution in [2.45, 2.75) is 31.3 Å². The van der Waals surface area contributed by atoms with Crippen LogP contribution in [0.2, 0.25) is 0 Å². The van der Waals surface area contributed by atoms with E-state index in [-0.39, 0.29) is 17.4 Å². The maximum atomic E-state index is 11.9. The van der Waals surface area contributed by atoms with Gasteiger partial charge in [-0.05, 0) is 31.4 Å². The molecule has 3 rings (SSSR count). The van der Waals surface area contributed by atoms with Gasteiger partial charge in [-0.15, -0.1) is 0 Å². The molecule has 1 saturated carbocycles. The summed E-state index contributed by atoms with van der Waals surface area (Å²) in [6, 6.07) is 6.71. The Hall–Kier alpha value is -1.71. The molecular weight excluding hydrogens is 218 g/mol. The van der Waals surface area contributed by atoms with Gasteiger partial charge in [0.05, 0.1) is 5.69 Å². The Labute approximate surface area is 99.8 Å². The summed E-state index contributed by atoms with van der Waals surface area (Å²) in [5, 5.41) is 9.41. The van der Waals surface area contributed by atoms with E-state index in [0.29, 0.717) is 12.2 Å². The second kappa shape index (κ2) is 3.65. The number of anilines is 1. The minimum Gasteiger partial charge on any atom is -0.508 e. The van der Waals surface area contributed by atoms with Gasteiger partial charge in [0.15, 0.2) is 0 Å². The lowest BCUT2D eigenvalue weighted by molar-refractivity contribution is -0.0610. The number of carbonyl (C=O) groups excluding carboxylic acids is 1. The summed E-state index contributed by atoms with van der Waals surface area (Å²) < 4.78 is 5.52. The molecule has 0 atom stereocenters. The molecule has 1 spiro atoms. The largest absolute Gasteiger partial charge is 0.508 e. The Morgan fingerprint density at radius 1 is 1.29 bits per heavy atom. The average Bonchev–Trinajstić information content (AvgIpc) is 2.26. The highest BCUT2D eigenvalue weighted by molar-refractivity contribution is 5.89. The zero-order chi connectivity index (χ0) is 11.9. The Bertz CT molecular complexity index is 454. The van der Waals surface area contributed by atoms with Crippen LogP contribution in [0.25, 0.3) is 0 Å². The summed E-state index contributed by atoms with van der Waals surface area (Å²) in [5.74, 6) is 0.166. The van der Waals surface area contributed by atoms with Crippen LogP contribution in [0.4, 0.5) is 10.5 Å². The number of nitrogens with zero attached hydrogens (tertiary/aromatic N) is 1. The van der Waals surface area contributed by atoms with E-state index in [1.54, 1.807) is 29.2 Å². The number of hydrogen-bond donors (Lipinski definition) is 1. The van der Waals surface area contributed by atoms with Gasteiger partial charge in [-0.25, -0.2) is 4.79 Å². The van der Waals surface area contributed by atoms with Gasteiger partial charge < -0.3 is 9.84 Å². The summed E-state index contributed by atoms with van der Waals surface area (Å²) in [7, 11) is 0. The zero-order valence-electron chi connectivity index (χ0n) is 9.56. The van der Waals surface area contributed by atoms with Gasteiger partial charge in [-0.2, -0.15) is 0 Å². The average molecular weight is 233 g/mol. The molecule has 17 heavy (non-hydrogen) atoms. The van der Waals surface area contributed by atoms with Crippen LogP contribution in [-0.4, -0.2) is 23.3 Å². The first-order valence-electron chi connectivity index (χ1n) is 5.98. The van der Waals surface area contributed by atoms with Gasteiger partial charge in [-0.1, -0.05) is 6.07 Å². The molecule has 0 bridgehead atoms. The lowest BCUT2D eigenvalue weighted by atomic mass is 9.77. The Kier molecular flexibility index (Phi) is 2.24. The molecule has 1 aliphatic carbocycles. The summed E-state index contributed by atoms with van der Waals surface area (Å²) in [6.45, 7) is 0.669. The van der Waals surface area contributed by atoms with E-state index < -0.39 is 0 Å². The van der Waals surface area contributed by atoms with Gasteiger partial charge >= 0.3 is 6.09 Å². The molecule has 1 aliphatic heterocycles. The fourth-order valence-electron chi connectivity index (χ4n) is 2.52. The van der Waals surface area contributed by atoms with Crippen molar-refractivity contribution in [1.29, 1.82) is 0 Å². The van der Waals surface area contributed by atoms with Crippen LogP contribution in [-0.2, 0) is 4.74 Å². The van der Waals surface area contributed by atoms with Crippen molar-refractivity contribution >= 4 is 11.8 Å². The highest BCUT2D eigenvalue weighted by atomic mass is 16.6. The zero-order valence-corrected chi connectivity index (χ0v) is 9.56. The van der Waals surface area contributed by atoms with Gasteiger partial charge in [-0.3, -0.25) is 4.90 Å².